The predicted molar refractivity (Wildman–Crippen MR) is 142 cm³/mol. The molecule has 1 atom stereocenters. The Morgan fingerprint density at radius 1 is 0.946 bits per heavy atom. The SMILES string of the molecule is O=C(C1=C(O)C(=O)N(c2ccc(N3CCCC3)cc2)C1c1ccc(F)cc1)c1cc2cc(Br)ccc2o1. The van der Waals surface area contributed by atoms with Crippen LogP contribution in [0.5, 0.6) is 0 Å². The standard InChI is InChI=1S/C29H22BrFN2O4/c30-19-5-12-23-18(15-19)16-24(37-23)27(34)25-26(17-3-6-20(31)7-4-17)33(29(36)28(25)35)22-10-8-21(9-11-22)32-13-1-2-14-32/h3-12,15-16,26,35H,1-2,13-14H2. The first-order valence-corrected chi connectivity index (χ1v) is 12.8. The van der Waals surface area contributed by atoms with Crippen molar-refractivity contribution in [2.75, 3.05) is 22.9 Å². The number of aliphatic hydroxyl groups is 1. The van der Waals surface area contributed by atoms with Gasteiger partial charge in [0.1, 0.15) is 11.4 Å². The molecular weight excluding hydrogens is 539 g/mol. The first-order valence-electron chi connectivity index (χ1n) is 12.0. The second kappa shape index (κ2) is 9.19. The third kappa shape index (κ3) is 4.11. The summed E-state index contributed by atoms with van der Waals surface area (Å²) in [5, 5.41) is 11.7. The van der Waals surface area contributed by atoms with Crippen molar-refractivity contribution in [3.63, 3.8) is 0 Å². The van der Waals surface area contributed by atoms with Crippen LogP contribution in [-0.2, 0) is 4.79 Å². The minimum Gasteiger partial charge on any atom is -0.503 e. The molecule has 1 amide bonds. The van der Waals surface area contributed by atoms with Gasteiger partial charge in [0.05, 0.1) is 11.6 Å². The second-order valence-corrected chi connectivity index (χ2v) is 10.1. The molecule has 0 aliphatic carbocycles. The van der Waals surface area contributed by atoms with Crippen LogP contribution in [0.25, 0.3) is 11.0 Å². The molecule has 6 rings (SSSR count). The van der Waals surface area contributed by atoms with E-state index in [1.807, 2.05) is 30.3 Å². The van der Waals surface area contributed by atoms with E-state index in [4.69, 9.17) is 4.42 Å². The van der Waals surface area contributed by atoms with Crippen molar-refractivity contribution >= 4 is 50.0 Å². The summed E-state index contributed by atoms with van der Waals surface area (Å²) in [5.41, 5.74) is 2.45. The van der Waals surface area contributed by atoms with Crippen molar-refractivity contribution in [2.45, 2.75) is 18.9 Å². The van der Waals surface area contributed by atoms with Crippen molar-refractivity contribution in [2.24, 2.45) is 0 Å². The van der Waals surface area contributed by atoms with Gasteiger partial charge >= 0.3 is 0 Å². The normalized spacial score (nSPS) is 17.9. The van der Waals surface area contributed by atoms with Crippen molar-refractivity contribution in [1.82, 2.24) is 0 Å². The van der Waals surface area contributed by atoms with Gasteiger partial charge < -0.3 is 14.4 Å². The van der Waals surface area contributed by atoms with Gasteiger partial charge in [-0.25, -0.2) is 4.39 Å². The zero-order valence-corrected chi connectivity index (χ0v) is 21.2. The molecule has 37 heavy (non-hydrogen) atoms. The number of nitrogens with zero attached hydrogens (tertiary/aromatic N) is 2. The first kappa shape index (κ1) is 23.5. The third-order valence-electron chi connectivity index (χ3n) is 6.94. The molecule has 4 aromatic rings. The number of amides is 1. The summed E-state index contributed by atoms with van der Waals surface area (Å²) in [6.45, 7) is 1.96. The molecule has 2 aliphatic rings. The second-order valence-electron chi connectivity index (χ2n) is 9.22. The summed E-state index contributed by atoms with van der Waals surface area (Å²) >= 11 is 3.41. The largest absolute Gasteiger partial charge is 0.503 e. The van der Waals surface area contributed by atoms with E-state index >= 15 is 0 Å². The summed E-state index contributed by atoms with van der Waals surface area (Å²) in [6, 6.07) is 19.0. The zero-order valence-electron chi connectivity index (χ0n) is 19.7. The first-order chi connectivity index (χ1) is 17.9. The lowest BCUT2D eigenvalue weighted by molar-refractivity contribution is -0.117. The van der Waals surface area contributed by atoms with Crippen LogP contribution >= 0.6 is 15.9 Å². The van der Waals surface area contributed by atoms with Gasteiger partial charge in [0, 0.05) is 34.3 Å². The number of carbonyl (C=O) groups is 2. The molecule has 0 saturated carbocycles. The van der Waals surface area contributed by atoms with E-state index in [9.17, 15) is 19.1 Å². The maximum atomic E-state index is 13.8. The van der Waals surface area contributed by atoms with E-state index < -0.39 is 29.3 Å². The fraction of sp³-hybridized carbons (Fsp3) is 0.172. The van der Waals surface area contributed by atoms with Gasteiger partial charge in [0.2, 0.25) is 5.78 Å². The van der Waals surface area contributed by atoms with E-state index in [1.165, 1.54) is 29.2 Å². The summed E-state index contributed by atoms with van der Waals surface area (Å²) in [7, 11) is 0. The van der Waals surface area contributed by atoms with Gasteiger partial charge in [0.25, 0.3) is 5.91 Å². The molecular formula is C29H22BrFN2O4. The lowest BCUT2D eigenvalue weighted by atomic mass is 9.94. The van der Waals surface area contributed by atoms with Crippen molar-refractivity contribution in [3.05, 3.63) is 106 Å². The molecule has 1 unspecified atom stereocenters. The summed E-state index contributed by atoms with van der Waals surface area (Å²) in [6.07, 6.45) is 2.28. The van der Waals surface area contributed by atoms with Gasteiger partial charge in [-0.2, -0.15) is 0 Å². The Balaban J connectivity index is 1.43. The molecule has 0 radical (unpaired) electrons. The van der Waals surface area contributed by atoms with E-state index in [-0.39, 0.29) is 11.3 Å². The van der Waals surface area contributed by atoms with Crippen LogP contribution in [0.15, 0.2) is 93.0 Å². The Morgan fingerprint density at radius 2 is 1.62 bits per heavy atom. The van der Waals surface area contributed by atoms with Crippen LogP contribution in [0, 0.1) is 5.82 Å². The number of furan rings is 1. The highest BCUT2D eigenvalue weighted by Gasteiger charge is 2.45. The maximum absolute atomic E-state index is 13.8. The molecule has 1 aromatic heterocycles. The topological polar surface area (TPSA) is 74.0 Å². The van der Waals surface area contributed by atoms with Crippen LogP contribution in [0.4, 0.5) is 15.8 Å². The molecule has 0 spiro atoms. The Morgan fingerprint density at radius 3 is 2.32 bits per heavy atom. The summed E-state index contributed by atoms with van der Waals surface area (Å²) < 4.78 is 20.4. The highest BCUT2D eigenvalue weighted by Crippen LogP contribution is 2.43. The molecule has 0 bridgehead atoms. The third-order valence-corrected chi connectivity index (χ3v) is 7.43. The number of anilines is 2. The number of Topliss-reactive ketones (excluding diaryl/α,β-unsaturated/α-hetero) is 1. The zero-order chi connectivity index (χ0) is 25.7. The van der Waals surface area contributed by atoms with Crippen LogP contribution in [0.3, 0.4) is 0 Å². The molecule has 3 heterocycles. The Kier molecular flexibility index (Phi) is 5.83. The van der Waals surface area contributed by atoms with Gasteiger partial charge in [-0.05, 0) is 79.1 Å². The molecule has 6 nitrogen and oxygen atoms in total. The molecule has 3 aromatic carbocycles. The quantitative estimate of drug-likeness (QED) is 0.274. The number of benzene rings is 3. The predicted octanol–water partition coefficient (Wildman–Crippen LogP) is 6.72. The van der Waals surface area contributed by atoms with Gasteiger partial charge in [0.15, 0.2) is 11.5 Å². The van der Waals surface area contributed by atoms with E-state index in [0.717, 1.165) is 36.1 Å². The molecule has 1 saturated heterocycles. The van der Waals surface area contributed by atoms with E-state index in [1.54, 1.807) is 18.2 Å². The van der Waals surface area contributed by atoms with Crippen molar-refractivity contribution < 1.29 is 23.5 Å². The Labute approximate surface area is 220 Å². The number of carbonyl (C=O) groups excluding carboxylic acids is 2. The highest BCUT2D eigenvalue weighted by molar-refractivity contribution is 9.10. The summed E-state index contributed by atoms with van der Waals surface area (Å²) in [5.74, 6) is -2.40. The minimum atomic E-state index is -0.960. The van der Waals surface area contributed by atoms with Gasteiger partial charge in [-0.15, -0.1) is 0 Å². The Bertz CT molecular complexity index is 1550. The van der Waals surface area contributed by atoms with Crippen molar-refractivity contribution in [1.29, 1.82) is 0 Å². The molecule has 1 fully saturated rings. The number of halogens is 2. The minimum absolute atomic E-state index is 0.000734. The molecule has 8 heteroatoms. The molecule has 186 valence electrons. The van der Waals surface area contributed by atoms with Crippen LogP contribution < -0.4 is 9.80 Å². The molecule has 2 aliphatic heterocycles. The lowest BCUT2D eigenvalue weighted by Crippen LogP contribution is -2.31. The average Bonchev–Trinajstić information content (AvgIpc) is 3.63. The fourth-order valence-corrected chi connectivity index (χ4v) is 5.50. The number of rotatable bonds is 5. The smallest absolute Gasteiger partial charge is 0.294 e. The van der Waals surface area contributed by atoms with E-state index in [2.05, 4.69) is 20.8 Å². The lowest BCUT2D eigenvalue weighted by Gasteiger charge is -2.27. The van der Waals surface area contributed by atoms with Gasteiger partial charge in [-0.3, -0.25) is 14.5 Å². The monoisotopic (exact) mass is 560 g/mol. The fourth-order valence-electron chi connectivity index (χ4n) is 5.12. The number of aliphatic hydroxyl groups excluding tert-OH is 1. The Hall–Kier alpha value is -3.91. The molecule has 1 N–H and O–H groups in total. The van der Waals surface area contributed by atoms with Crippen molar-refractivity contribution in [3.8, 4) is 0 Å². The number of hydrogen-bond donors (Lipinski definition) is 1. The summed E-state index contributed by atoms with van der Waals surface area (Å²) in [4.78, 5) is 30.8. The number of hydrogen-bond acceptors (Lipinski definition) is 5. The van der Waals surface area contributed by atoms with Crippen LogP contribution in [0.1, 0.15) is 35.0 Å². The van der Waals surface area contributed by atoms with Gasteiger partial charge in [-0.1, -0.05) is 28.1 Å². The number of fused-ring (bicyclic) bond motifs is 1. The van der Waals surface area contributed by atoms with Crippen LogP contribution in [-0.4, -0.2) is 29.9 Å². The number of ketones is 1. The van der Waals surface area contributed by atoms with E-state index in [0.29, 0.717) is 22.2 Å². The maximum Gasteiger partial charge on any atom is 0.294 e. The average molecular weight is 561 g/mol. The van der Waals surface area contributed by atoms with Crippen LogP contribution in [0.2, 0.25) is 0 Å². The highest BCUT2D eigenvalue weighted by atomic mass is 79.9.